The molecule has 7 heteroatoms. The molecule has 1 amide bonds. The van der Waals surface area contributed by atoms with Crippen LogP contribution in [0, 0.1) is 23.7 Å². The van der Waals surface area contributed by atoms with Crippen LogP contribution in [-0.4, -0.2) is 46.1 Å². The number of nitrogens with one attached hydrogen (secondary N) is 1. The molecule has 186 valence electrons. The summed E-state index contributed by atoms with van der Waals surface area (Å²) in [7, 11) is 0. The monoisotopic (exact) mass is 479 g/mol. The zero-order chi connectivity index (χ0) is 25.1. The Morgan fingerprint density at radius 2 is 1.86 bits per heavy atom. The topological polar surface area (TPSA) is 105 Å². The second kappa shape index (κ2) is 8.33. The number of ether oxygens (including phenoxy) is 2. The molecule has 0 unspecified atom stereocenters. The van der Waals surface area contributed by atoms with E-state index in [4.69, 9.17) is 9.47 Å². The predicted octanol–water partition coefficient (Wildman–Crippen LogP) is 3.26. The molecule has 7 nitrogen and oxygen atoms in total. The van der Waals surface area contributed by atoms with Gasteiger partial charge in [0.2, 0.25) is 5.60 Å². The molecule has 8 atom stereocenters. The molecule has 5 rings (SSSR count). The van der Waals surface area contributed by atoms with Crippen LogP contribution in [-0.2, 0) is 30.3 Å². The fraction of sp³-hybridized carbons (Fsp3) is 0.536. The van der Waals surface area contributed by atoms with Crippen molar-refractivity contribution in [2.75, 3.05) is 0 Å². The number of aromatic hydroxyl groups is 1. The Labute approximate surface area is 205 Å². The van der Waals surface area contributed by atoms with Crippen molar-refractivity contribution in [2.24, 2.45) is 23.7 Å². The van der Waals surface area contributed by atoms with Crippen molar-refractivity contribution in [3.63, 3.8) is 0 Å². The van der Waals surface area contributed by atoms with E-state index >= 15 is 0 Å². The van der Waals surface area contributed by atoms with Crippen LogP contribution in [0.4, 0.5) is 0 Å². The van der Waals surface area contributed by atoms with Gasteiger partial charge in [-0.25, -0.2) is 0 Å². The summed E-state index contributed by atoms with van der Waals surface area (Å²) >= 11 is 0. The van der Waals surface area contributed by atoms with Crippen LogP contribution >= 0.6 is 0 Å². The first kappa shape index (κ1) is 23.8. The second-order valence-electron chi connectivity index (χ2n) is 10.8. The summed E-state index contributed by atoms with van der Waals surface area (Å²) in [6.45, 7) is 7.73. The molecule has 0 bridgehead atoms. The molecule has 1 aromatic carbocycles. The van der Waals surface area contributed by atoms with Gasteiger partial charge in [0.1, 0.15) is 5.75 Å². The number of Topliss-reactive ketones (excluding diaryl/α,β-unsaturated/α-hetero) is 1. The normalized spacial score (nSPS) is 43.2. The van der Waals surface area contributed by atoms with Crippen molar-refractivity contribution in [3.8, 4) is 5.75 Å². The molecule has 1 aliphatic carbocycles. The quantitative estimate of drug-likeness (QED) is 0.383. The number of hydrogen-bond donors (Lipinski definition) is 2. The van der Waals surface area contributed by atoms with Crippen molar-refractivity contribution in [3.05, 3.63) is 53.6 Å². The molecular weight excluding hydrogens is 446 g/mol. The number of rotatable bonds is 2. The largest absolute Gasteiger partial charge is 0.508 e. The third-order valence-electron chi connectivity index (χ3n) is 8.67. The number of epoxide rings is 1. The fourth-order valence-corrected chi connectivity index (χ4v) is 6.51. The van der Waals surface area contributed by atoms with Crippen LogP contribution in [0.2, 0.25) is 0 Å². The number of fused-ring (bicyclic) bond motifs is 2. The SMILES string of the molecule is C/C1=C/CC(=O)O[C@@]23C(=O)N[C@@H](Cc4ccc(O)cc4)[C@@H]2[C@H](C)[C@@]2(C)O[C@H]2[C@@H]3/C=C\C[C@H](C)C1=O. The van der Waals surface area contributed by atoms with Gasteiger partial charge in [0.05, 0.1) is 24.0 Å². The van der Waals surface area contributed by atoms with Gasteiger partial charge in [-0.2, -0.15) is 0 Å². The van der Waals surface area contributed by atoms with Crippen molar-refractivity contribution in [1.82, 2.24) is 5.32 Å². The highest BCUT2D eigenvalue weighted by atomic mass is 16.6. The van der Waals surface area contributed by atoms with Crippen LogP contribution in [0.25, 0.3) is 0 Å². The minimum atomic E-state index is -1.39. The van der Waals surface area contributed by atoms with Gasteiger partial charge in [0, 0.05) is 17.9 Å². The van der Waals surface area contributed by atoms with E-state index in [9.17, 15) is 19.5 Å². The highest BCUT2D eigenvalue weighted by Crippen LogP contribution is 2.63. The summed E-state index contributed by atoms with van der Waals surface area (Å²) in [5, 5.41) is 12.8. The lowest BCUT2D eigenvalue weighted by Crippen LogP contribution is -2.61. The van der Waals surface area contributed by atoms with E-state index in [1.54, 1.807) is 25.1 Å². The molecular formula is C28H33NO6. The molecule has 3 fully saturated rings. The van der Waals surface area contributed by atoms with Crippen molar-refractivity contribution in [2.45, 2.75) is 70.3 Å². The van der Waals surface area contributed by atoms with Gasteiger partial charge in [-0.05, 0) is 55.9 Å². The number of carbonyl (C=O) groups is 3. The van der Waals surface area contributed by atoms with Gasteiger partial charge in [-0.15, -0.1) is 0 Å². The van der Waals surface area contributed by atoms with E-state index in [0.717, 1.165) is 5.56 Å². The van der Waals surface area contributed by atoms with Crippen LogP contribution in [0.5, 0.6) is 5.75 Å². The predicted molar refractivity (Wildman–Crippen MR) is 128 cm³/mol. The van der Waals surface area contributed by atoms with E-state index in [2.05, 4.69) is 19.2 Å². The van der Waals surface area contributed by atoms with E-state index < -0.39 is 23.1 Å². The molecule has 0 aromatic heterocycles. The fourth-order valence-electron chi connectivity index (χ4n) is 6.51. The van der Waals surface area contributed by atoms with Crippen molar-refractivity contribution in [1.29, 1.82) is 0 Å². The molecule has 35 heavy (non-hydrogen) atoms. The second-order valence-corrected chi connectivity index (χ2v) is 10.8. The highest BCUT2D eigenvalue weighted by Gasteiger charge is 2.78. The first-order chi connectivity index (χ1) is 16.6. The van der Waals surface area contributed by atoms with Crippen LogP contribution in [0.3, 0.4) is 0 Å². The smallest absolute Gasteiger partial charge is 0.310 e. The lowest BCUT2D eigenvalue weighted by atomic mass is 9.59. The first-order valence-corrected chi connectivity index (χ1v) is 12.4. The number of carbonyl (C=O) groups excluding carboxylic acids is 3. The zero-order valence-electron chi connectivity index (χ0n) is 20.6. The summed E-state index contributed by atoms with van der Waals surface area (Å²) in [6, 6.07) is 6.68. The third kappa shape index (κ3) is 3.71. The maximum absolute atomic E-state index is 13.8. The number of ketones is 1. The van der Waals surface area contributed by atoms with E-state index in [1.165, 1.54) is 0 Å². The standard InChI is InChI=1S/C28H33NO6/c1-15-6-5-7-20-25-27(4,35-25)17(3)23-21(14-18-9-11-19(30)12-10-18)29-26(33)28(20,23)34-22(31)13-8-16(2)24(15)32/h5,7-12,15,17,20-21,23,25,30H,6,13-14H2,1-4H3,(H,29,33)/b7-5-,16-8-/t15-,17-,20-,21-,23-,25-,27+,28+/m0/s1. The molecule has 0 radical (unpaired) electrons. The number of benzene rings is 1. The maximum Gasteiger partial charge on any atom is 0.310 e. The summed E-state index contributed by atoms with van der Waals surface area (Å²) in [6.07, 6.45) is 6.25. The Kier molecular flexibility index (Phi) is 5.66. The molecule has 1 spiro atoms. The molecule has 3 heterocycles. The Balaban J connectivity index is 1.57. The van der Waals surface area contributed by atoms with E-state index in [-0.39, 0.29) is 53.8 Å². The molecule has 2 saturated heterocycles. The lowest BCUT2D eigenvalue weighted by molar-refractivity contribution is -0.181. The number of amides is 1. The number of esters is 1. The minimum Gasteiger partial charge on any atom is -0.508 e. The Morgan fingerprint density at radius 3 is 2.57 bits per heavy atom. The van der Waals surface area contributed by atoms with Gasteiger partial charge in [0.25, 0.3) is 5.91 Å². The van der Waals surface area contributed by atoms with Crippen LogP contribution < -0.4 is 5.32 Å². The first-order valence-electron chi connectivity index (χ1n) is 12.4. The van der Waals surface area contributed by atoms with Gasteiger partial charge < -0.3 is 19.9 Å². The van der Waals surface area contributed by atoms with Gasteiger partial charge in [-0.1, -0.05) is 44.2 Å². The van der Waals surface area contributed by atoms with Crippen molar-refractivity contribution < 1.29 is 29.0 Å². The highest BCUT2D eigenvalue weighted by molar-refractivity contribution is 5.97. The molecule has 4 aliphatic rings. The molecule has 3 aliphatic heterocycles. The average molecular weight is 480 g/mol. The Morgan fingerprint density at radius 1 is 1.14 bits per heavy atom. The van der Waals surface area contributed by atoms with Gasteiger partial charge in [-0.3, -0.25) is 14.4 Å². The Hall–Kier alpha value is -2.93. The van der Waals surface area contributed by atoms with E-state index in [1.807, 2.05) is 31.2 Å². The summed E-state index contributed by atoms with van der Waals surface area (Å²) in [5.74, 6) is -1.65. The molecule has 2 N–H and O–H groups in total. The summed E-state index contributed by atoms with van der Waals surface area (Å²) in [5.41, 5.74) is -0.308. The summed E-state index contributed by atoms with van der Waals surface area (Å²) in [4.78, 5) is 39.5. The number of allylic oxidation sites excluding steroid dienone is 2. The summed E-state index contributed by atoms with van der Waals surface area (Å²) < 4.78 is 12.4. The van der Waals surface area contributed by atoms with Gasteiger partial charge in [0.15, 0.2) is 5.78 Å². The van der Waals surface area contributed by atoms with Crippen LogP contribution in [0.15, 0.2) is 48.1 Å². The number of phenolic OH excluding ortho intramolecular Hbond substituents is 1. The number of phenols is 1. The zero-order valence-corrected chi connectivity index (χ0v) is 20.6. The van der Waals surface area contributed by atoms with Gasteiger partial charge >= 0.3 is 5.97 Å². The molecule has 1 aromatic rings. The number of hydrogen-bond acceptors (Lipinski definition) is 6. The van der Waals surface area contributed by atoms with Crippen LogP contribution in [0.1, 0.15) is 46.1 Å². The maximum atomic E-state index is 13.8. The third-order valence-corrected chi connectivity index (χ3v) is 8.67. The minimum absolute atomic E-state index is 0.00737. The van der Waals surface area contributed by atoms with E-state index in [0.29, 0.717) is 18.4 Å². The molecule has 1 saturated carbocycles. The Bertz CT molecular complexity index is 1120. The van der Waals surface area contributed by atoms with Crippen molar-refractivity contribution >= 4 is 17.7 Å². The average Bonchev–Trinajstić information content (AvgIpc) is 3.44. The lowest BCUT2D eigenvalue weighted by Gasteiger charge is -2.46.